The van der Waals surface area contributed by atoms with Crippen molar-refractivity contribution in [2.75, 3.05) is 27.2 Å². The maximum absolute atomic E-state index is 11.8. The number of hydrogen-bond donors (Lipinski definition) is 2. The summed E-state index contributed by atoms with van der Waals surface area (Å²) in [6.07, 6.45) is 0.356. The number of hydrogen-bond acceptors (Lipinski definition) is 4. The molecular formula is C15H24N2O3. The predicted octanol–water partition coefficient (Wildman–Crippen LogP) is 1.01. The van der Waals surface area contributed by atoms with Gasteiger partial charge < -0.3 is 20.1 Å². The zero-order valence-electron chi connectivity index (χ0n) is 12.4. The molecule has 0 radical (unpaired) electrons. The molecule has 0 saturated heterocycles. The van der Waals surface area contributed by atoms with Crippen LogP contribution in [0.25, 0.3) is 0 Å². The second-order valence-electron chi connectivity index (χ2n) is 5.01. The Morgan fingerprint density at radius 1 is 1.45 bits per heavy atom. The maximum atomic E-state index is 11.8. The normalized spacial score (nSPS) is 12.2. The summed E-state index contributed by atoms with van der Waals surface area (Å²) in [6, 6.07) is 7.10. The Balaban J connectivity index is 2.37. The van der Waals surface area contributed by atoms with Gasteiger partial charge in [-0.3, -0.25) is 4.79 Å². The summed E-state index contributed by atoms with van der Waals surface area (Å²) in [5, 5.41) is 11.9. The van der Waals surface area contributed by atoms with E-state index >= 15 is 0 Å². The Hall–Kier alpha value is -1.59. The predicted molar refractivity (Wildman–Crippen MR) is 78.6 cm³/mol. The Kier molecular flexibility index (Phi) is 7.04. The van der Waals surface area contributed by atoms with Crippen molar-refractivity contribution < 1.29 is 14.6 Å². The number of ether oxygens (including phenoxy) is 1. The molecule has 5 heteroatoms. The van der Waals surface area contributed by atoms with Crippen LogP contribution in [0.2, 0.25) is 0 Å². The van der Waals surface area contributed by atoms with E-state index in [9.17, 15) is 4.79 Å². The minimum Gasteiger partial charge on any atom is -0.481 e. The number of aliphatic hydroxyl groups excluding tert-OH is 1. The van der Waals surface area contributed by atoms with Gasteiger partial charge in [0.05, 0.1) is 6.61 Å². The minimum absolute atomic E-state index is 0.0394. The van der Waals surface area contributed by atoms with Crippen LogP contribution in [-0.4, -0.2) is 49.2 Å². The van der Waals surface area contributed by atoms with Crippen LogP contribution in [0.4, 0.5) is 0 Å². The van der Waals surface area contributed by atoms with E-state index in [4.69, 9.17) is 9.84 Å². The molecule has 112 valence electrons. The van der Waals surface area contributed by atoms with Gasteiger partial charge in [0, 0.05) is 6.54 Å². The summed E-state index contributed by atoms with van der Waals surface area (Å²) < 4.78 is 5.56. The molecule has 0 aromatic heterocycles. The first-order valence-electron chi connectivity index (χ1n) is 6.82. The van der Waals surface area contributed by atoms with E-state index < -0.39 is 6.10 Å². The van der Waals surface area contributed by atoms with Gasteiger partial charge in [0.1, 0.15) is 5.75 Å². The summed E-state index contributed by atoms with van der Waals surface area (Å²) in [5.41, 5.74) is 0.765. The summed E-state index contributed by atoms with van der Waals surface area (Å²) in [6.45, 7) is 3.25. The van der Waals surface area contributed by atoms with Gasteiger partial charge in [-0.25, -0.2) is 0 Å². The number of nitrogens with zero attached hydrogens (tertiary/aromatic N) is 1. The number of carbonyl (C=O) groups is 1. The molecule has 0 heterocycles. The molecule has 1 amide bonds. The van der Waals surface area contributed by atoms with Crippen molar-refractivity contribution in [2.45, 2.75) is 26.1 Å². The lowest BCUT2D eigenvalue weighted by Gasteiger charge is -2.16. The van der Waals surface area contributed by atoms with Gasteiger partial charge >= 0.3 is 0 Å². The Labute approximate surface area is 120 Å². The van der Waals surface area contributed by atoms with Crippen LogP contribution in [-0.2, 0) is 11.4 Å². The quantitative estimate of drug-likeness (QED) is 0.698. The molecule has 0 spiro atoms. The Morgan fingerprint density at radius 2 is 2.20 bits per heavy atom. The fourth-order valence-electron chi connectivity index (χ4n) is 1.73. The fraction of sp³-hybridized carbons (Fsp3) is 0.533. The topological polar surface area (TPSA) is 61.8 Å². The highest BCUT2D eigenvalue weighted by atomic mass is 16.5. The monoisotopic (exact) mass is 280 g/mol. The number of carbonyl (C=O) groups excluding carboxylic acids is 1. The molecular weight excluding hydrogens is 256 g/mol. The molecule has 20 heavy (non-hydrogen) atoms. The van der Waals surface area contributed by atoms with Crippen LogP contribution in [0.3, 0.4) is 0 Å². The lowest BCUT2D eigenvalue weighted by Crippen LogP contribution is -2.37. The van der Waals surface area contributed by atoms with E-state index in [1.165, 1.54) is 0 Å². The molecule has 1 aromatic carbocycles. The van der Waals surface area contributed by atoms with Gasteiger partial charge in [-0.15, -0.1) is 0 Å². The summed E-state index contributed by atoms with van der Waals surface area (Å²) in [4.78, 5) is 13.9. The van der Waals surface area contributed by atoms with Crippen molar-refractivity contribution in [3.8, 4) is 5.75 Å². The number of aliphatic hydroxyl groups is 1. The first-order valence-corrected chi connectivity index (χ1v) is 6.82. The lowest BCUT2D eigenvalue weighted by molar-refractivity contribution is -0.127. The van der Waals surface area contributed by atoms with Crippen LogP contribution in [0.1, 0.15) is 18.9 Å². The summed E-state index contributed by atoms with van der Waals surface area (Å²) in [7, 11) is 4.00. The van der Waals surface area contributed by atoms with Crippen molar-refractivity contribution >= 4 is 5.91 Å². The molecule has 1 aromatic rings. The van der Waals surface area contributed by atoms with E-state index in [1.54, 1.807) is 31.2 Å². The second kappa shape index (κ2) is 8.55. The van der Waals surface area contributed by atoms with E-state index in [1.807, 2.05) is 14.1 Å². The zero-order valence-corrected chi connectivity index (χ0v) is 12.4. The molecule has 0 aliphatic heterocycles. The van der Waals surface area contributed by atoms with E-state index in [2.05, 4.69) is 10.2 Å². The Morgan fingerprint density at radius 3 is 2.85 bits per heavy atom. The second-order valence-corrected chi connectivity index (χ2v) is 5.01. The van der Waals surface area contributed by atoms with Gasteiger partial charge in [-0.05, 0) is 51.7 Å². The van der Waals surface area contributed by atoms with Crippen LogP contribution < -0.4 is 10.1 Å². The van der Waals surface area contributed by atoms with Crippen molar-refractivity contribution in [1.82, 2.24) is 10.2 Å². The lowest BCUT2D eigenvalue weighted by atomic mass is 10.2. The van der Waals surface area contributed by atoms with Crippen LogP contribution in [0, 0.1) is 0 Å². The van der Waals surface area contributed by atoms with Crippen LogP contribution in [0.5, 0.6) is 5.75 Å². The molecule has 5 nitrogen and oxygen atoms in total. The molecule has 0 aliphatic carbocycles. The number of rotatable bonds is 8. The highest BCUT2D eigenvalue weighted by Crippen LogP contribution is 2.14. The number of amides is 1. The van der Waals surface area contributed by atoms with Crippen LogP contribution in [0.15, 0.2) is 24.3 Å². The number of benzene rings is 1. The van der Waals surface area contributed by atoms with Gasteiger partial charge in [0.15, 0.2) is 6.10 Å². The van der Waals surface area contributed by atoms with Crippen molar-refractivity contribution in [3.63, 3.8) is 0 Å². The van der Waals surface area contributed by atoms with Gasteiger partial charge in [0.2, 0.25) is 0 Å². The average Bonchev–Trinajstić information content (AvgIpc) is 2.43. The zero-order chi connectivity index (χ0) is 15.0. The van der Waals surface area contributed by atoms with Gasteiger partial charge in [-0.2, -0.15) is 0 Å². The van der Waals surface area contributed by atoms with Gasteiger partial charge in [0.25, 0.3) is 5.91 Å². The van der Waals surface area contributed by atoms with E-state index in [0.717, 1.165) is 18.5 Å². The number of nitrogens with one attached hydrogen (secondary N) is 1. The largest absolute Gasteiger partial charge is 0.481 e. The maximum Gasteiger partial charge on any atom is 0.260 e. The SMILES string of the molecule is CC(Oc1cccc(CO)c1)C(=O)NCCCN(C)C. The van der Waals surface area contributed by atoms with E-state index in [-0.39, 0.29) is 12.5 Å². The average molecular weight is 280 g/mol. The summed E-state index contributed by atoms with van der Waals surface area (Å²) in [5.74, 6) is 0.464. The third-order valence-electron chi connectivity index (χ3n) is 2.84. The molecule has 1 rings (SSSR count). The van der Waals surface area contributed by atoms with Crippen molar-refractivity contribution in [1.29, 1.82) is 0 Å². The molecule has 0 fully saturated rings. The highest BCUT2D eigenvalue weighted by molar-refractivity contribution is 5.80. The molecule has 0 aliphatic rings. The summed E-state index contributed by atoms with van der Waals surface area (Å²) >= 11 is 0. The van der Waals surface area contributed by atoms with E-state index in [0.29, 0.717) is 12.3 Å². The third kappa shape index (κ3) is 6.04. The standard InChI is InChI=1S/C15H24N2O3/c1-12(15(19)16-8-5-9-17(2)3)20-14-7-4-6-13(10-14)11-18/h4,6-7,10,12,18H,5,8-9,11H2,1-3H3,(H,16,19). The fourth-order valence-corrected chi connectivity index (χ4v) is 1.73. The molecule has 1 unspecified atom stereocenters. The first kappa shape index (κ1) is 16.5. The smallest absolute Gasteiger partial charge is 0.260 e. The Bertz CT molecular complexity index is 421. The first-order chi connectivity index (χ1) is 9.52. The van der Waals surface area contributed by atoms with Crippen LogP contribution >= 0.6 is 0 Å². The van der Waals surface area contributed by atoms with Crippen molar-refractivity contribution in [3.05, 3.63) is 29.8 Å². The molecule has 0 saturated carbocycles. The molecule has 2 N–H and O–H groups in total. The third-order valence-corrected chi connectivity index (χ3v) is 2.84. The molecule has 0 bridgehead atoms. The minimum atomic E-state index is -0.553. The highest BCUT2D eigenvalue weighted by Gasteiger charge is 2.14. The van der Waals surface area contributed by atoms with Crippen molar-refractivity contribution in [2.24, 2.45) is 0 Å². The molecule has 1 atom stereocenters. The van der Waals surface area contributed by atoms with Gasteiger partial charge in [-0.1, -0.05) is 12.1 Å².